The van der Waals surface area contributed by atoms with Crippen LogP contribution in [-0.2, 0) is 4.79 Å². The van der Waals surface area contributed by atoms with E-state index in [1.807, 2.05) is 36.9 Å². The van der Waals surface area contributed by atoms with Crippen LogP contribution < -0.4 is 4.74 Å². The fraction of sp³-hybridized carbons (Fsp3) is 0.444. The molecule has 1 rings (SSSR count). The molecular formula is C18H25NO2S. The van der Waals surface area contributed by atoms with Gasteiger partial charge in [0.25, 0.3) is 0 Å². The van der Waals surface area contributed by atoms with E-state index in [1.54, 1.807) is 13.2 Å². The molecule has 1 aromatic rings. The Kier molecular flexibility index (Phi) is 7.82. The second-order valence-electron chi connectivity index (χ2n) is 5.25. The zero-order valence-corrected chi connectivity index (χ0v) is 14.7. The highest BCUT2D eigenvalue weighted by molar-refractivity contribution is 7.80. The van der Waals surface area contributed by atoms with Crippen molar-refractivity contribution in [1.29, 1.82) is 0 Å². The maximum absolute atomic E-state index is 11.1. The number of aryl methyl sites for hydroxylation is 1. The largest absolute Gasteiger partial charge is 0.497 e. The number of ether oxygens (including phenoxy) is 1. The van der Waals surface area contributed by atoms with Gasteiger partial charge in [0.1, 0.15) is 12.0 Å². The van der Waals surface area contributed by atoms with E-state index < -0.39 is 0 Å². The Labute approximate surface area is 139 Å². The third kappa shape index (κ3) is 4.95. The van der Waals surface area contributed by atoms with E-state index in [2.05, 4.69) is 6.92 Å². The molecule has 0 radical (unpaired) electrons. The predicted molar refractivity (Wildman–Crippen MR) is 96.3 cm³/mol. The highest BCUT2D eigenvalue weighted by atomic mass is 32.1. The second-order valence-corrected chi connectivity index (χ2v) is 5.84. The van der Waals surface area contributed by atoms with E-state index in [0.717, 1.165) is 59.7 Å². The molecule has 120 valence electrons. The number of hydrogen-bond acceptors (Lipinski definition) is 3. The third-order valence-corrected chi connectivity index (χ3v) is 3.81. The van der Waals surface area contributed by atoms with E-state index in [9.17, 15) is 4.79 Å². The van der Waals surface area contributed by atoms with Gasteiger partial charge in [-0.3, -0.25) is 4.79 Å². The number of unbranched alkanes of at least 4 members (excludes halogenated alkanes) is 2. The Balaban J connectivity index is 3.17. The first-order valence-electron chi connectivity index (χ1n) is 7.63. The minimum atomic E-state index is 0.777. The number of allylic oxidation sites excluding steroid dienone is 1. The molecule has 0 aromatic heterocycles. The number of benzene rings is 1. The predicted octanol–water partition coefficient (Wildman–Crippen LogP) is 4.38. The number of carbonyl (C=O) groups is 1. The number of thiocarbonyl (C=S) groups is 1. The van der Waals surface area contributed by atoms with Crippen molar-refractivity contribution in [3.05, 3.63) is 35.4 Å². The summed E-state index contributed by atoms with van der Waals surface area (Å²) in [5.74, 6) is 0.809. The van der Waals surface area contributed by atoms with Crippen molar-refractivity contribution in [2.45, 2.75) is 40.0 Å². The monoisotopic (exact) mass is 319 g/mol. The first-order valence-corrected chi connectivity index (χ1v) is 8.04. The molecule has 0 saturated carbocycles. The van der Waals surface area contributed by atoms with Crippen molar-refractivity contribution in [2.24, 2.45) is 0 Å². The van der Waals surface area contributed by atoms with Gasteiger partial charge in [-0.05, 0) is 44.0 Å². The molecule has 4 heteroatoms. The normalized spacial score (nSPS) is 11.2. The molecule has 0 amide bonds. The van der Waals surface area contributed by atoms with E-state index in [-0.39, 0.29) is 0 Å². The number of carbonyl (C=O) groups excluding carboxylic acids is 1. The molecule has 0 saturated heterocycles. The Morgan fingerprint density at radius 1 is 1.36 bits per heavy atom. The van der Waals surface area contributed by atoms with Gasteiger partial charge in [-0.25, -0.2) is 0 Å². The average molecular weight is 319 g/mol. The van der Waals surface area contributed by atoms with Gasteiger partial charge in [-0.1, -0.05) is 32.0 Å². The van der Waals surface area contributed by atoms with Crippen LogP contribution in [-0.4, -0.2) is 29.8 Å². The highest BCUT2D eigenvalue weighted by Crippen LogP contribution is 2.26. The molecule has 1 aromatic carbocycles. The zero-order chi connectivity index (χ0) is 16.5. The molecule has 0 aliphatic rings. The van der Waals surface area contributed by atoms with Gasteiger partial charge in [-0.2, -0.15) is 0 Å². The lowest BCUT2D eigenvalue weighted by Crippen LogP contribution is -2.27. The summed E-state index contributed by atoms with van der Waals surface area (Å²) in [5, 5.41) is 0. The number of aldehydes is 1. The van der Waals surface area contributed by atoms with Crippen molar-refractivity contribution in [3.8, 4) is 5.75 Å². The first kappa shape index (κ1) is 18.4. The summed E-state index contributed by atoms with van der Waals surface area (Å²) in [7, 11) is 1.65. The van der Waals surface area contributed by atoms with E-state index in [1.165, 1.54) is 0 Å². The zero-order valence-electron chi connectivity index (χ0n) is 13.9. The summed E-state index contributed by atoms with van der Waals surface area (Å²) in [6, 6.07) is 5.86. The lowest BCUT2D eigenvalue weighted by atomic mass is 10.0. The van der Waals surface area contributed by atoms with Crippen molar-refractivity contribution in [2.75, 3.05) is 13.7 Å². The van der Waals surface area contributed by atoms with Gasteiger partial charge >= 0.3 is 0 Å². The molecule has 0 spiro atoms. The van der Waals surface area contributed by atoms with Crippen molar-refractivity contribution >= 4 is 29.2 Å². The van der Waals surface area contributed by atoms with Crippen LogP contribution >= 0.6 is 12.2 Å². The van der Waals surface area contributed by atoms with Gasteiger partial charge in [0, 0.05) is 18.2 Å². The topological polar surface area (TPSA) is 29.5 Å². The fourth-order valence-corrected chi connectivity index (χ4v) is 2.60. The highest BCUT2D eigenvalue weighted by Gasteiger charge is 2.15. The summed E-state index contributed by atoms with van der Waals surface area (Å²) in [6.45, 7) is 6.91. The van der Waals surface area contributed by atoms with Crippen molar-refractivity contribution in [1.82, 2.24) is 4.90 Å². The summed E-state index contributed by atoms with van der Waals surface area (Å²) < 4.78 is 5.25. The minimum Gasteiger partial charge on any atom is -0.497 e. The summed E-state index contributed by atoms with van der Waals surface area (Å²) in [4.78, 5) is 13.9. The van der Waals surface area contributed by atoms with Crippen LogP contribution in [0.3, 0.4) is 0 Å². The van der Waals surface area contributed by atoms with E-state index in [4.69, 9.17) is 17.0 Å². The van der Waals surface area contributed by atoms with Crippen molar-refractivity contribution < 1.29 is 9.53 Å². The minimum absolute atomic E-state index is 0.777. The number of hydrogen-bond donors (Lipinski definition) is 0. The number of methoxy groups -OCH3 is 1. The molecule has 22 heavy (non-hydrogen) atoms. The second kappa shape index (κ2) is 9.36. The molecule has 0 atom stereocenters. The van der Waals surface area contributed by atoms with Crippen LogP contribution in [0.4, 0.5) is 0 Å². The molecule has 0 heterocycles. The quantitative estimate of drug-likeness (QED) is 0.308. The standard InChI is InChI=1S/C18H25NO2S/c1-5-6-7-11-19(15(3)22)18(10-12-20)17-9-8-16(21-4)13-14(17)2/h8-10,12-13H,5-7,11H2,1-4H3/b18-10-. The third-order valence-electron chi connectivity index (χ3n) is 3.59. The lowest BCUT2D eigenvalue weighted by molar-refractivity contribution is -0.104. The Bertz CT molecular complexity index is 552. The van der Waals surface area contributed by atoms with Crippen LogP contribution in [0.1, 0.15) is 44.2 Å². The number of nitrogens with zero attached hydrogens (tertiary/aromatic N) is 1. The SMILES string of the molecule is CCCCCN(C(C)=S)/C(=C\C=O)c1ccc(OC)cc1C. The van der Waals surface area contributed by atoms with Crippen LogP contribution in [0.15, 0.2) is 24.3 Å². The molecular weight excluding hydrogens is 294 g/mol. The van der Waals surface area contributed by atoms with E-state index >= 15 is 0 Å². The van der Waals surface area contributed by atoms with Gasteiger partial charge in [0.2, 0.25) is 0 Å². The fourth-order valence-electron chi connectivity index (χ4n) is 2.41. The van der Waals surface area contributed by atoms with Gasteiger partial charge in [0.15, 0.2) is 0 Å². The molecule has 0 aliphatic heterocycles. The molecule has 0 N–H and O–H groups in total. The summed E-state index contributed by atoms with van der Waals surface area (Å²) >= 11 is 5.39. The van der Waals surface area contributed by atoms with Crippen molar-refractivity contribution in [3.63, 3.8) is 0 Å². The maximum Gasteiger partial charge on any atom is 0.144 e. The van der Waals surface area contributed by atoms with Crippen LogP contribution in [0.25, 0.3) is 5.70 Å². The van der Waals surface area contributed by atoms with Crippen LogP contribution in [0.5, 0.6) is 5.75 Å². The van der Waals surface area contributed by atoms with E-state index in [0.29, 0.717) is 0 Å². The molecule has 0 unspecified atom stereocenters. The Morgan fingerprint density at radius 2 is 2.09 bits per heavy atom. The summed E-state index contributed by atoms with van der Waals surface area (Å²) in [5.41, 5.74) is 2.93. The summed E-state index contributed by atoms with van der Waals surface area (Å²) in [6.07, 6.45) is 5.77. The smallest absolute Gasteiger partial charge is 0.144 e. The van der Waals surface area contributed by atoms with Gasteiger partial charge < -0.3 is 9.64 Å². The van der Waals surface area contributed by atoms with Crippen LogP contribution in [0, 0.1) is 6.92 Å². The van der Waals surface area contributed by atoms with Crippen LogP contribution in [0.2, 0.25) is 0 Å². The molecule has 0 aliphatic carbocycles. The van der Waals surface area contributed by atoms with Gasteiger partial charge in [-0.15, -0.1) is 0 Å². The lowest BCUT2D eigenvalue weighted by Gasteiger charge is -2.27. The molecule has 3 nitrogen and oxygen atoms in total. The Morgan fingerprint density at radius 3 is 2.59 bits per heavy atom. The molecule has 0 fully saturated rings. The van der Waals surface area contributed by atoms with Gasteiger partial charge in [0.05, 0.1) is 17.8 Å². The Hall–Kier alpha value is -1.68. The number of rotatable bonds is 8. The molecule has 0 bridgehead atoms. The first-order chi connectivity index (χ1) is 10.5. The average Bonchev–Trinajstić information content (AvgIpc) is 2.50. The maximum atomic E-state index is 11.1.